The van der Waals surface area contributed by atoms with Gasteiger partial charge >= 0.3 is 0 Å². The second-order valence-corrected chi connectivity index (χ2v) is 6.33. The highest BCUT2D eigenvalue weighted by molar-refractivity contribution is 5.99. The zero-order chi connectivity index (χ0) is 16.4. The van der Waals surface area contributed by atoms with Crippen molar-refractivity contribution in [3.8, 4) is 0 Å². The van der Waals surface area contributed by atoms with E-state index < -0.39 is 0 Å². The van der Waals surface area contributed by atoms with Gasteiger partial charge in [-0.2, -0.15) is 5.10 Å². The minimum absolute atomic E-state index is 0.0158. The molecule has 3 rings (SSSR count). The molecule has 1 amide bonds. The van der Waals surface area contributed by atoms with Gasteiger partial charge in [0.1, 0.15) is 0 Å². The Labute approximate surface area is 137 Å². The van der Waals surface area contributed by atoms with Crippen molar-refractivity contribution in [1.29, 1.82) is 0 Å². The quantitative estimate of drug-likeness (QED) is 0.674. The molecule has 0 radical (unpaired) electrons. The molecule has 1 saturated carbocycles. The molecule has 1 aliphatic rings. The predicted molar refractivity (Wildman–Crippen MR) is 93.6 cm³/mol. The van der Waals surface area contributed by atoms with Crippen molar-refractivity contribution >= 4 is 11.6 Å². The van der Waals surface area contributed by atoms with Gasteiger partial charge in [-0.3, -0.25) is 4.79 Å². The highest BCUT2D eigenvalue weighted by Gasteiger charge is 2.43. The van der Waals surface area contributed by atoms with E-state index in [9.17, 15) is 4.79 Å². The summed E-state index contributed by atoms with van der Waals surface area (Å²) in [7, 11) is 0. The summed E-state index contributed by atoms with van der Waals surface area (Å²) in [5.74, 6) is 0.407. The first-order chi connectivity index (χ1) is 11.1. The van der Waals surface area contributed by atoms with E-state index in [4.69, 9.17) is 0 Å². The number of amides is 1. The second kappa shape index (κ2) is 6.37. The van der Waals surface area contributed by atoms with Crippen LogP contribution in [0.5, 0.6) is 0 Å². The standard InChI is InChI=1S/C20H22N2O/c1-13-9-10-17(11-14(13)2)15(3)21-22-20(23)19-12-18(19)16-7-5-4-6-8-16/h4-11,18-19H,12H2,1-3H3,(H,22,23)/b21-15-/t18-,19-/m1/s1. The van der Waals surface area contributed by atoms with E-state index in [0.29, 0.717) is 5.92 Å². The Kier molecular flexibility index (Phi) is 4.28. The predicted octanol–water partition coefficient (Wildman–Crippen LogP) is 3.95. The Hall–Kier alpha value is -2.42. The molecule has 0 saturated heterocycles. The van der Waals surface area contributed by atoms with Gasteiger partial charge in [0, 0.05) is 5.92 Å². The van der Waals surface area contributed by atoms with E-state index in [1.165, 1.54) is 16.7 Å². The van der Waals surface area contributed by atoms with E-state index in [1.54, 1.807) is 0 Å². The van der Waals surface area contributed by atoms with Gasteiger partial charge in [0.2, 0.25) is 5.91 Å². The fourth-order valence-electron chi connectivity index (χ4n) is 2.81. The Morgan fingerprint density at radius 2 is 1.83 bits per heavy atom. The molecule has 0 bridgehead atoms. The molecule has 1 aliphatic carbocycles. The van der Waals surface area contributed by atoms with Crippen molar-refractivity contribution in [2.24, 2.45) is 11.0 Å². The summed E-state index contributed by atoms with van der Waals surface area (Å²) < 4.78 is 0. The lowest BCUT2D eigenvalue weighted by molar-refractivity contribution is -0.122. The van der Waals surface area contributed by atoms with E-state index >= 15 is 0 Å². The lowest BCUT2D eigenvalue weighted by Gasteiger charge is -2.06. The molecule has 118 valence electrons. The van der Waals surface area contributed by atoms with Crippen molar-refractivity contribution < 1.29 is 4.79 Å². The second-order valence-electron chi connectivity index (χ2n) is 6.33. The van der Waals surface area contributed by atoms with Crippen LogP contribution in [0.15, 0.2) is 53.6 Å². The SMILES string of the molecule is C/C(=N/NC(=O)[C@@H]1C[C@@H]1c1ccccc1)c1ccc(C)c(C)c1. The summed E-state index contributed by atoms with van der Waals surface area (Å²) in [6.07, 6.45) is 0.911. The van der Waals surface area contributed by atoms with Gasteiger partial charge < -0.3 is 0 Å². The Bertz CT molecular complexity index is 749. The van der Waals surface area contributed by atoms with Gasteiger partial charge in [-0.1, -0.05) is 42.5 Å². The summed E-state index contributed by atoms with van der Waals surface area (Å²) in [4.78, 5) is 12.2. The number of hydrazone groups is 1. The summed E-state index contributed by atoms with van der Waals surface area (Å²) >= 11 is 0. The summed E-state index contributed by atoms with van der Waals surface area (Å²) in [6.45, 7) is 6.09. The van der Waals surface area contributed by atoms with Crippen LogP contribution in [0.3, 0.4) is 0 Å². The number of hydrogen-bond acceptors (Lipinski definition) is 2. The minimum atomic E-state index is 0.0158. The number of aryl methyl sites for hydroxylation is 2. The van der Waals surface area contributed by atoms with E-state index in [2.05, 4.69) is 48.6 Å². The molecule has 2 atom stereocenters. The smallest absolute Gasteiger partial charge is 0.243 e. The zero-order valence-electron chi connectivity index (χ0n) is 13.8. The minimum Gasteiger partial charge on any atom is -0.273 e. The number of nitrogens with zero attached hydrogens (tertiary/aromatic N) is 1. The van der Waals surface area contributed by atoms with Crippen LogP contribution in [0, 0.1) is 19.8 Å². The lowest BCUT2D eigenvalue weighted by Crippen LogP contribution is -2.21. The van der Waals surface area contributed by atoms with Crippen molar-refractivity contribution in [1.82, 2.24) is 5.43 Å². The first kappa shape index (κ1) is 15.5. The van der Waals surface area contributed by atoms with Crippen molar-refractivity contribution in [2.45, 2.75) is 33.1 Å². The van der Waals surface area contributed by atoms with E-state index in [0.717, 1.165) is 17.7 Å². The largest absolute Gasteiger partial charge is 0.273 e. The summed E-state index contributed by atoms with van der Waals surface area (Å²) in [5.41, 5.74) is 8.33. The van der Waals surface area contributed by atoms with Gasteiger partial charge in [-0.05, 0) is 61.4 Å². The molecule has 0 unspecified atom stereocenters. The average Bonchev–Trinajstić information content (AvgIpc) is 3.36. The number of benzene rings is 2. The molecular weight excluding hydrogens is 284 g/mol. The topological polar surface area (TPSA) is 41.5 Å². The molecule has 0 aromatic heterocycles. The summed E-state index contributed by atoms with van der Waals surface area (Å²) in [6, 6.07) is 16.4. The first-order valence-electron chi connectivity index (χ1n) is 8.03. The lowest BCUT2D eigenvalue weighted by atomic mass is 10.0. The van der Waals surface area contributed by atoms with Crippen LogP contribution < -0.4 is 5.43 Å². The molecule has 2 aromatic rings. The van der Waals surface area contributed by atoms with Gasteiger partial charge in [0.05, 0.1) is 5.71 Å². The first-order valence-corrected chi connectivity index (χ1v) is 8.03. The molecule has 0 heterocycles. The fourth-order valence-corrected chi connectivity index (χ4v) is 2.81. The van der Waals surface area contributed by atoms with Gasteiger partial charge in [-0.25, -0.2) is 5.43 Å². The van der Waals surface area contributed by atoms with Crippen LogP contribution in [-0.2, 0) is 4.79 Å². The molecular formula is C20H22N2O. The number of hydrogen-bond donors (Lipinski definition) is 1. The Balaban J connectivity index is 1.61. The van der Waals surface area contributed by atoms with Crippen molar-refractivity contribution in [3.05, 3.63) is 70.8 Å². The normalized spacial score (nSPS) is 20.2. The monoisotopic (exact) mass is 306 g/mol. The van der Waals surface area contributed by atoms with Crippen molar-refractivity contribution in [2.75, 3.05) is 0 Å². The maximum atomic E-state index is 12.2. The molecule has 2 aromatic carbocycles. The average molecular weight is 306 g/mol. The third-order valence-corrected chi connectivity index (χ3v) is 4.61. The highest BCUT2D eigenvalue weighted by Crippen LogP contribution is 2.47. The maximum Gasteiger partial charge on any atom is 0.243 e. The van der Waals surface area contributed by atoms with E-state index in [1.807, 2.05) is 31.2 Å². The van der Waals surface area contributed by atoms with Crippen LogP contribution in [0.4, 0.5) is 0 Å². The van der Waals surface area contributed by atoms with E-state index in [-0.39, 0.29) is 11.8 Å². The molecule has 0 spiro atoms. The Morgan fingerprint density at radius 3 is 2.52 bits per heavy atom. The van der Waals surface area contributed by atoms with Crippen LogP contribution >= 0.6 is 0 Å². The molecule has 1 fully saturated rings. The third-order valence-electron chi connectivity index (χ3n) is 4.61. The van der Waals surface area contributed by atoms with Gasteiger partial charge in [0.15, 0.2) is 0 Å². The summed E-state index contributed by atoms with van der Waals surface area (Å²) in [5, 5.41) is 4.27. The maximum absolute atomic E-state index is 12.2. The van der Waals surface area contributed by atoms with Gasteiger partial charge in [0.25, 0.3) is 0 Å². The van der Waals surface area contributed by atoms with Crippen LogP contribution in [0.1, 0.15) is 41.5 Å². The number of carbonyl (C=O) groups is 1. The fraction of sp³-hybridized carbons (Fsp3) is 0.300. The van der Waals surface area contributed by atoms with Crippen LogP contribution in [-0.4, -0.2) is 11.6 Å². The molecule has 3 nitrogen and oxygen atoms in total. The van der Waals surface area contributed by atoms with Gasteiger partial charge in [-0.15, -0.1) is 0 Å². The Morgan fingerprint density at radius 1 is 1.09 bits per heavy atom. The third kappa shape index (κ3) is 3.50. The van der Waals surface area contributed by atoms with Crippen LogP contribution in [0.25, 0.3) is 0 Å². The number of nitrogens with one attached hydrogen (secondary N) is 1. The van der Waals surface area contributed by atoms with Crippen LogP contribution in [0.2, 0.25) is 0 Å². The van der Waals surface area contributed by atoms with Crippen molar-refractivity contribution in [3.63, 3.8) is 0 Å². The number of rotatable bonds is 4. The molecule has 0 aliphatic heterocycles. The molecule has 23 heavy (non-hydrogen) atoms. The zero-order valence-corrected chi connectivity index (χ0v) is 13.8. The molecule has 3 heteroatoms. The molecule has 1 N–H and O–H groups in total. The highest BCUT2D eigenvalue weighted by atomic mass is 16.2. The number of carbonyl (C=O) groups excluding carboxylic acids is 1.